The van der Waals surface area contributed by atoms with Crippen LogP contribution in [0, 0.1) is 17.2 Å². The molecule has 146 valence electrons. The zero-order valence-corrected chi connectivity index (χ0v) is 15.5. The third-order valence-electron chi connectivity index (χ3n) is 5.66. The summed E-state index contributed by atoms with van der Waals surface area (Å²) in [4.78, 5) is 12.8. The first-order chi connectivity index (χ1) is 12.2. The van der Waals surface area contributed by atoms with Crippen LogP contribution in [0.1, 0.15) is 64.4 Å². The molecule has 1 aromatic rings. The van der Waals surface area contributed by atoms with E-state index in [0.29, 0.717) is 18.8 Å². The van der Waals surface area contributed by atoms with Crippen LogP contribution in [0.4, 0.5) is 18.9 Å². The summed E-state index contributed by atoms with van der Waals surface area (Å²) in [7, 11) is 0. The Morgan fingerprint density at radius 3 is 2.50 bits per heavy atom. The fourth-order valence-electron chi connectivity index (χ4n) is 3.86. The first-order valence-corrected chi connectivity index (χ1v) is 9.28. The summed E-state index contributed by atoms with van der Waals surface area (Å²) in [5.74, 6) is -1.13. The molecule has 0 aliphatic heterocycles. The van der Waals surface area contributed by atoms with Crippen molar-refractivity contribution in [1.82, 2.24) is 0 Å². The summed E-state index contributed by atoms with van der Waals surface area (Å²) >= 11 is 0. The number of carboxylic acids is 1. The molecule has 0 radical (unpaired) electrons. The van der Waals surface area contributed by atoms with Crippen molar-refractivity contribution in [2.45, 2.75) is 58.8 Å². The van der Waals surface area contributed by atoms with Gasteiger partial charge in [-0.25, -0.2) is 13.2 Å². The van der Waals surface area contributed by atoms with Crippen LogP contribution < -0.4 is 4.90 Å². The van der Waals surface area contributed by atoms with Crippen LogP contribution in [-0.2, 0) is 4.79 Å². The number of anilines is 1. The van der Waals surface area contributed by atoms with Crippen molar-refractivity contribution in [1.29, 1.82) is 0 Å². The summed E-state index contributed by atoms with van der Waals surface area (Å²) in [6.45, 7) is 5.42. The molecule has 1 fully saturated rings. The molecule has 1 aromatic carbocycles. The second-order valence-corrected chi connectivity index (χ2v) is 7.73. The molecule has 3 nitrogen and oxygen atoms in total. The van der Waals surface area contributed by atoms with Crippen LogP contribution in [0.5, 0.6) is 0 Å². The summed E-state index contributed by atoms with van der Waals surface area (Å²) in [6, 6.07) is 3.55. The minimum atomic E-state index is -2.69. The monoisotopic (exact) mass is 371 g/mol. The van der Waals surface area contributed by atoms with E-state index in [-0.39, 0.29) is 23.3 Å². The minimum Gasteiger partial charge on any atom is -0.481 e. The number of hydrogen-bond acceptors (Lipinski definition) is 2. The van der Waals surface area contributed by atoms with Crippen molar-refractivity contribution >= 4 is 11.7 Å². The number of alkyl halides is 2. The van der Waals surface area contributed by atoms with Crippen LogP contribution in [0.15, 0.2) is 18.2 Å². The molecule has 1 aliphatic rings. The average molecular weight is 371 g/mol. The number of rotatable bonds is 8. The van der Waals surface area contributed by atoms with E-state index >= 15 is 0 Å². The zero-order chi connectivity index (χ0) is 19.3. The Bertz CT molecular complexity index is 613. The fraction of sp³-hybridized carbons (Fsp3) is 0.650. The van der Waals surface area contributed by atoms with Crippen molar-refractivity contribution in [3.8, 4) is 0 Å². The maximum absolute atomic E-state index is 13.7. The molecule has 1 saturated carbocycles. The van der Waals surface area contributed by atoms with Crippen LogP contribution in [-0.4, -0.2) is 24.2 Å². The lowest BCUT2D eigenvalue weighted by atomic mass is 9.69. The lowest BCUT2D eigenvalue weighted by Gasteiger charge is -2.39. The van der Waals surface area contributed by atoms with Crippen LogP contribution >= 0.6 is 0 Å². The Labute approximate surface area is 153 Å². The van der Waals surface area contributed by atoms with Crippen molar-refractivity contribution in [2.24, 2.45) is 11.3 Å². The molecule has 0 amide bonds. The van der Waals surface area contributed by atoms with Crippen molar-refractivity contribution in [2.75, 3.05) is 18.0 Å². The molecule has 26 heavy (non-hydrogen) atoms. The Morgan fingerprint density at radius 1 is 1.31 bits per heavy atom. The van der Waals surface area contributed by atoms with Gasteiger partial charge in [0, 0.05) is 30.8 Å². The number of hydrogen-bond donors (Lipinski definition) is 1. The molecule has 6 heteroatoms. The Balaban J connectivity index is 1.98. The fourth-order valence-corrected chi connectivity index (χ4v) is 3.86. The summed E-state index contributed by atoms with van der Waals surface area (Å²) in [5.41, 5.74) is 0.311. The molecule has 0 unspecified atom stereocenters. The number of aliphatic carboxylic acids is 1. The Morgan fingerprint density at radius 2 is 1.96 bits per heavy atom. The second-order valence-electron chi connectivity index (χ2n) is 7.73. The van der Waals surface area contributed by atoms with Crippen molar-refractivity contribution in [3.63, 3.8) is 0 Å². The summed E-state index contributed by atoms with van der Waals surface area (Å²) < 4.78 is 39.6. The predicted molar refractivity (Wildman–Crippen MR) is 96.2 cm³/mol. The first-order valence-electron chi connectivity index (χ1n) is 9.28. The molecule has 0 spiro atoms. The van der Waals surface area contributed by atoms with Gasteiger partial charge in [0.05, 0.1) is 0 Å². The van der Waals surface area contributed by atoms with E-state index in [0.717, 1.165) is 38.2 Å². The van der Waals surface area contributed by atoms with Crippen LogP contribution in [0.2, 0.25) is 0 Å². The SMILES string of the molecule is CCN(CCC1(C)CCC(CC(=O)O)CC1)c1cc(F)cc(C(F)F)c1. The topological polar surface area (TPSA) is 40.5 Å². The van der Waals surface area contributed by atoms with Gasteiger partial charge in [0.25, 0.3) is 6.43 Å². The van der Waals surface area contributed by atoms with E-state index < -0.39 is 18.2 Å². The van der Waals surface area contributed by atoms with E-state index in [4.69, 9.17) is 5.11 Å². The summed E-state index contributed by atoms with van der Waals surface area (Å²) in [6.07, 6.45) is 2.17. The van der Waals surface area contributed by atoms with Gasteiger partial charge in [0.2, 0.25) is 0 Å². The average Bonchev–Trinajstić information content (AvgIpc) is 2.57. The lowest BCUT2D eigenvalue weighted by molar-refractivity contribution is -0.138. The van der Waals surface area contributed by atoms with Crippen LogP contribution in [0.25, 0.3) is 0 Å². The molecule has 0 atom stereocenters. The molecule has 0 bridgehead atoms. The Kier molecular flexibility index (Phi) is 6.95. The smallest absolute Gasteiger partial charge is 0.303 e. The third-order valence-corrected chi connectivity index (χ3v) is 5.66. The Hall–Kier alpha value is -1.72. The maximum atomic E-state index is 13.7. The number of halogens is 3. The van der Waals surface area contributed by atoms with Crippen molar-refractivity contribution in [3.05, 3.63) is 29.6 Å². The molecule has 2 rings (SSSR count). The highest BCUT2D eigenvalue weighted by atomic mass is 19.3. The normalized spacial score (nSPS) is 23.2. The molecular formula is C20H28F3NO2. The van der Waals surface area contributed by atoms with Gasteiger partial charge < -0.3 is 10.0 Å². The number of nitrogens with zero attached hydrogens (tertiary/aromatic N) is 1. The second kappa shape index (κ2) is 8.78. The van der Waals surface area contributed by atoms with Gasteiger partial charge >= 0.3 is 5.97 Å². The highest BCUT2D eigenvalue weighted by Gasteiger charge is 2.32. The zero-order valence-electron chi connectivity index (χ0n) is 15.5. The highest BCUT2D eigenvalue weighted by molar-refractivity contribution is 5.67. The standard InChI is InChI=1S/C20H28F3NO2/c1-3-24(17-12-15(19(22)23)11-16(21)13-17)9-8-20(2)6-4-14(5-7-20)10-18(25)26/h11-14,19H,3-10H2,1-2H3,(H,25,26). The van der Waals surface area contributed by atoms with Gasteiger partial charge in [-0.05, 0) is 68.6 Å². The quantitative estimate of drug-likeness (QED) is 0.642. The van der Waals surface area contributed by atoms with Crippen molar-refractivity contribution < 1.29 is 23.1 Å². The number of benzene rings is 1. The molecule has 1 N–H and O–H groups in total. The van der Waals surface area contributed by atoms with E-state index in [1.165, 1.54) is 12.1 Å². The molecular weight excluding hydrogens is 343 g/mol. The van der Waals surface area contributed by atoms with E-state index in [1.807, 2.05) is 11.8 Å². The van der Waals surface area contributed by atoms with Gasteiger partial charge in [0.1, 0.15) is 5.82 Å². The van der Waals surface area contributed by atoms with E-state index in [1.54, 1.807) is 0 Å². The first kappa shape index (κ1) is 20.6. The van der Waals surface area contributed by atoms with Gasteiger partial charge in [-0.15, -0.1) is 0 Å². The molecule has 0 heterocycles. The maximum Gasteiger partial charge on any atom is 0.303 e. The van der Waals surface area contributed by atoms with E-state index in [9.17, 15) is 18.0 Å². The predicted octanol–water partition coefficient (Wildman–Crippen LogP) is 5.65. The van der Waals surface area contributed by atoms with Gasteiger partial charge in [-0.3, -0.25) is 4.79 Å². The van der Waals surface area contributed by atoms with Gasteiger partial charge in [-0.2, -0.15) is 0 Å². The summed E-state index contributed by atoms with van der Waals surface area (Å²) in [5, 5.41) is 8.92. The van der Waals surface area contributed by atoms with E-state index in [2.05, 4.69) is 6.92 Å². The van der Waals surface area contributed by atoms with Crippen LogP contribution in [0.3, 0.4) is 0 Å². The highest BCUT2D eigenvalue weighted by Crippen LogP contribution is 2.42. The molecule has 1 aliphatic carbocycles. The van der Waals surface area contributed by atoms with Gasteiger partial charge in [-0.1, -0.05) is 6.92 Å². The molecule has 0 aromatic heterocycles. The largest absolute Gasteiger partial charge is 0.481 e. The van der Waals surface area contributed by atoms with Gasteiger partial charge in [0.15, 0.2) is 0 Å². The minimum absolute atomic E-state index is 0.112. The number of carboxylic acid groups (broad SMARTS) is 1. The molecule has 0 saturated heterocycles. The lowest BCUT2D eigenvalue weighted by Crippen LogP contribution is -2.32. The number of carbonyl (C=O) groups is 1. The third kappa shape index (κ3) is 5.64.